The van der Waals surface area contributed by atoms with Crippen molar-refractivity contribution in [3.05, 3.63) is 64.7 Å². The fourth-order valence-corrected chi connectivity index (χ4v) is 2.04. The Hall–Kier alpha value is -2.82. The van der Waals surface area contributed by atoms with Gasteiger partial charge in [0.1, 0.15) is 12.1 Å². The van der Waals surface area contributed by atoms with Crippen molar-refractivity contribution < 1.29 is 4.74 Å². The van der Waals surface area contributed by atoms with Crippen LogP contribution in [0.25, 0.3) is 0 Å². The molecule has 4 heteroatoms. The van der Waals surface area contributed by atoms with E-state index in [4.69, 9.17) is 15.3 Å². The molecule has 0 bridgehead atoms. The molecule has 0 amide bonds. The van der Waals surface area contributed by atoms with Crippen molar-refractivity contribution in [1.82, 2.24) is 0 Å². The molecule has 2 aromatic carbocycles. The minimum atomic E-state index is 0.477. The lowest BCUT2D eigenvalue weighted by Gasteiger charge is -2.10. The highest BCUT2D eigenvalue weighted by molar-refractivity contribution is 5.66. The van der Waals surface area contributed by atoms with Crippen LogP contribution in [0, 0.1) is 22.7 Å². The summed E-state index contributed by atoms with van der Waals surface area (Å²) in [6.07, 6.45) is 0. The van der Waals surface area contributed by atoms with Crippen molar-refractivity contribution >= 4 is 5.69 Å². The molecule has 2 aromatic rings. The van der Waals surface area contributed by atoms with E-state index in [2.05, 4.69) is 17.5 Å². The third-order valence-corrected chi connectivity index (χ3v) is 3.11. The summed E-state index contributed by atoms with van der Waals surface area (Å²) in [5.41, 5.74) is 3.72. The Kier molecular flexibility index (Phi) is 4.93. The van der Waals surface area contributed by atoms with Crippen molar-refractivity contribution in [2.24, 2.45) is 0 Å². The van der Waals surface area contributed by atoms with Crippen LogP contribution in [0.5, 0.6) is 0 Å². The number of rotatable bonds is 5. The number of hydrogen-bond donors (Lipinski definition) is 1. The quantitative estimate of drug-likeness (QED) is 0.911. The molecule has 4 nitrogen and oxygen atoms in total. The number of para-hydroxylation sites is 1. The maximum Gasteiger partial charge on any atom is 0.101 e. The molecule has 0 saturated heterocycles. The zero-order chi connectivity index (χ0) is 15.1. The highest BCUT2D eigenvalue weighted by atomic mass is 16.5. The molecule has 0 spiro atoms. The van der Waals surface area contributed by atoms with E-state index in [-0.39, 0.29) is 0 Å². The number of nitrogens with zero attached hydrogens (tertiary/aromatic N) is 2. The van der Waals surface area contributed by atoms with Crippen molar-refractivity contribution in [2.75, 3.05) is 12.4 Å². The van der Waals surface area contributed by atoms with E-state index in [0.29, 0.717) is 30.0 Å². The lowest BCUT2D eigenvalue weighted by atomic mass is 10.1. The van der Waals surface area contributed by atoms with E-state index in [9.17, 15) is 0 Å². The van der Waals surface area contributed by atoms with E-state index in [1.807, 2.05) is 24.3 Å². The summed E-state index contributed by atoms with van der Waals surface area (Å²) in [6, 6.07) is 17.3. The number of nitriles is 2. The number of anilines is 1. The average molecular weight is 277 g/mol. The Morgan fingerprint density at radius 3 is 2.05 bits per heavy atom. The van der Waals surface area contributed by atoms with Gasteiger partial charge in [-0.15, -0.1) is 0 Å². The van der Waals surface area contributed by atoms with Gasteiger partial charge in [-0.3, -0.25) is 0 Å². The zero-order valence-electron chi connectivity index (χ0n) is 11.8. The monoisotopic (exact) mass is 277 g/mol. The second-order valence-electron chi connectivity index (χ2n) is 4.55. The zero-order valence-corrected chi connectivity index (χ0v) is 11.8. The molecule has 21 heavy (non-hydrogen) atoms. The van der Waals surface area contributed by atoms with Crippen molar-refractivity contribution in [3.63, 3.8) is 0 Å². The van der Waals surface area contributed by atoms with Crippen LogP contribution in [0.2, 0.25) is 0 Å². The van der Waals surface area contributed by atoms with Gasteiger partial charge in [-0.2, -0.15) is 10.5 Å². The fourth-order valence-electron chi connectivity index (χ4n) is 2.04. The summed E-state index contributed by atoms with van der Waals surface area (Å²) >= 11 is 0. The van der Waals surface area contributed by atoms with E-state index in [0.717, 1.165) is 11.1 Å². The Labute approximate surface area is 124 Å². The van der Waals surface area contributed by atoms with Crippen molar-refractivity contribution in [3.8, 4) is 12.1 Å². The highest BCUT2D eigenvalue weighted by Gasteiger charge is 2.07. The molecule has 0 unspecified atom stereocenters. The van der Waals surface area contributed by atoms with E-state index in [1.54, 1.807) is 25.3 Å². The van der Waals surface area contributed by atoms with Crippen LogP contribution >= 0.6 is 0 Å². The number of hydrogen-bond acceptors (Lipinski definition) is 4. The van der Waals surface area contributed by atoms with Crippen molar-refractivity contribution in [2.45, 2.75) is 13.2 Å². The van der Waals surface area contributed by atoms with Crippen LogP contribution in [0.3, 0.4) is 0 Å². The van der Waals surface area contributed by atoms with Gasteiger partial charge >= 0.3 is 0 Å². The van der Waals surface area contributed by atoms with Gasteiger partial charge in [-0.1, -0.05) is 30.3 Å². The summed E-state index contributed by atoms with van der Waals surface area (Å²) < 4.78 is 5.07. The molecule has 0 aliphatic heterocycles. The molecule has 1 N–H and O–H groups in total. The summed E-state index contributed by atoms with van der Waals surface area (Å²) in [6.45, 7) is 1.14. The van der Waals surface area contributed by atoms with Crippen LogP contribution in [0.15, 0.2) is 42.5 Å². The maximum absolute atomic E-state index is 9.12. The summed E-state index contributed by atoms with van der Waals surface area (Å²) in [5.74, 6) is 0. The van der Waals surface area contributed by atoms with Gasteiger partial charge in [0.15, 0.2) is 0 Å². The molecule has 2 rings (SSSR count). The average Bonchev–Trinajstić information content (AvgIpc) is 2.54. The smallest absolute Gasteiger partial charge is 0.101 e. The Bertz CT molecular complexity index is 661. The number of benzene rings is 2. The predicted octanol–water partition coefficient (Wildman–Crippen LogP) is 3.19. The molecule has 0 aliphatic carbocycles. The first-order chi connectivity index (χ1) is 10.3. The van der Waals surface area contributed by atoms with Crippen LogP contribution in [0.1, 0.15) is 22.3 Å². The van der Waals surface area contributed by atoms with Gasteiger partial charge in [-0.05, 0) is 23.3 Å². The molecular weight excluding hydrogens is 262 g/mol. The molecule has 0 atom stereocenters. The minimum absolute atomic E-state index is 0.477. The molecule has 0 heterocycles. The van der Waals surface area contributed by atoms with Crippen molar-refractivity contribution in [1.29, 1.82) is 10.5 Å². The second-order valence-corrected chi connectivity index (χ2v) is 4.55. The third-order valence-electron chi connectivity index (χ3n) is 3.11. The van der Waals surface area contributed by atoms with Gasteiger partial charge < -0.3 is 10.1 Å². The van der Waals surface area contributed by atoms with Gasteiger partial charge in [0.05, 0.1) is 23.4 Å². The Morgan fingerprint density at radius 1 is 0.952 bits per heavy atom. The molecule has 0 saturated carbocycles. The van der Waals surface area contributed by atoms with Gasteiger partial charge in [-0.25, -0.2) is 0 Å². The van der Waals surface area contributed by atoms with Crippen LogP contribution in [0.4, 0.5) is 5.69 Å². The molecular formula is C17H15N3O. The maximum atomic E-state index is 9.12. The molecule has 0 fully saturated rings. The summed E-state index contributed by atoms with van der Waals surface area (Å²) in [5, 5.41) is 21.4. The van der Waals surface area contributed by atoms with E-state index < -0.39 is 0 Å². The topological polar surface area (TPSA) is 68.8 Å². The first-order valence-electron chi connectivity index (χ1n) is 6.52. The first kappa shape index (κ1) is 14.6. The molecule has 0 aromatic heterocycles. The van der Waals surface area contributed by atoms with Gasteiger partial charge in [0.25, 0.3) is 0 Å². The highest BCUT2D eigenvalue weighted by Crippen LogP contribution is 2.20. The molecule has 0 aliphatic rings. The van der Waals surface area contributed by atoms with Crippen LogP contribution < -0.4 is 5.32 Å². The predicted molar refractivity (Wildman–Crippen MR) is 80.4 cm³/mol. The SMILES string of the molecule is COCc1ccc(CNc2c(C#N)cccc2C#N)cc1. The Balaban J connectivity index is 2.13. The molecule has 104 valence electrons. The standard InChI is InChI=1S/C17H15N3O/c1-21-12-14-7-5-13(6-8-14)11-20-17-15(9-18)3-2-4-16(17)10-19/h2-8,20H,11-12H2,1H3. The largest absolute Gasteiger partial charge is 0.380 e. The van der Waals surface area contributed by atoms with E-state index >= 15 is 0 Å². The first-order valence-corrected chi connectivity index (χ1v) is 6.52. The molecule has 0 radical (unpaired) electrons. The summed E-state index contributed by atoms with van der Waals surface area (Å²) in [4.78, 5) is 0. The fraction of sp³-hybridized carbons (Fsp3) is 0.176. The normalized spacial score (nSPS) is 9.67. The lowest BCUT2D eigenvalue weighted by molar-refractivity contribution is 0.185. The number of methoxy groups -OCH3 is 1. The third kappa shape index (κ3) is 3.60. The number of ether oxygens (including phenoxy) is 1. The van der Waals surface area contributed by atoms with Gasteiger partial charge in [0, 0.05) is 13.7 Å². The minimum Gasteiger partial charge on any atom is -0.380 e. The second kappa shape index (κ2) is 7.09. The lowest BCUT2D eigenvalue weighted by Crippen LogP contribution is -2.03. The van der Waals surface area contributed by atoms with Crippen LogP contribution in [-0.4, -0.2) is 7.11 Å². The Morgan fingerprint density at radius 2 is 1.52 bits per heavy atom. The summed E-state index contributed by atoms with van der Waals surface area (Å²) in [7, 11) is 1.66. The van der Waals surface area contributed by atoms with Crippen LogP contribution in [-0.2, 0) is 17.9 Å². The number of nitrogens with one attached hydrogen (secondary N) is 1. The van der Waals surface area contributed by atoms with Gasteiger partial charge in [0.2, 0.25) is 0 Å². The van der Waals surface area contributed by atoms with E-state index in [1.165, 1.54) is 0 Å².